The van der Waals surface area contributed by atoms with Crippen LogP contribution in [0, 0.1) is 10.1 Å². The van der Waals surface area contributed by atoms with Gasteiger partial charge in [-0.1, -0.05) is 36.7 Å². The van der Waals surface area contributed by atoms with Gasteiger partial charge in [0.1, 0.15) is 10.7 Å². The zero-order chi connectivity index (χ0) is 13.8. The number of aryl methyl sites for hydroxylation is 1. The number of para-hydroxylation sites is 1. The summed E-state index contributed by atoms with van der Waals surface area (Å²) in [5, 5.41) is 14.2. The summed E-state index contributed by atoms with van der Waals surface area (Å²) in [6, 6.07) is 12.6. The molecule has 0 aliphatic heterocycles. The van der Waals surface area contributed by atoms with Gasteiger partial charge in [-0.05, 0) is 36.2 Å². The zero-order valence-electron chi connectivity index (χ0n) is 10.4. The van der Waals surface area contributed by atoms with Crippen molar-refractivity contribution in [1.29, 1.82) is 0 Å². The van der Waals surface area contributed by atoms with Crippen molar-refractivity contribution in [2.45, 2.75) is 13.3 Å². The number of nitro benzene ring substituents is 1. The van der Waals surface area contributed by atoms with Gasteiger partial charge < -0.3 is 5.32 Å². The minimum Gasteiger partial charge on any atom is -0.350 e. The van der Waals surface area contributed by atoms with Gasteiger partial charge in [0.25, 0.3) is 0 Å². The Morgan fingerprint density at radius 1 is 1.21 bits per heavy atom. The number of anilines is 2. The fourth-order valence-electron chi connectivity index (χ4n) is 1.78. The van der Waals surface area contributed by atoms with Crippen LogP contribution in [-0.4, -0.2) is 4.92 Å². The average molecular weight is 277 g/mol. The van der Waals surface area contributed by atoms with E-state index in [0.717, 1.165) is 12.1 Å². The van der Waals surface area contributed by atoms with E-state index in [-0.39, 0.29) is 10.7 Å². The Hall–Kier alpha value is -2.07. The summed E-state index contributed by atoms with van der Waals surface area (Å²) in [7, 11) is 0. The Bertz CT molecular complexity index is 597. The van der Waals surface area contributed by atoms with Crippen molar-refractivity contribution in [1.82, 2.24) is 0 Å². The molecule has 0 heterocycles. The van der Waals surface area contributed by atoms with E-state index in [9.17, 15) is 10.1 Å². The van der Waals surface area contributed by atoms with E-state index in [2.05, 4.69) is 12.2 Å². The third-order valence-corrected chi connectivity index (χ3v) is 3.12. The quantitative estimate of drug-likeness (QED) is 0.658. The summed E-state index contributed by atoms with van der Waals surface area (Å²) in [6.07, 6.45) is 0.956. The molecule has 5 heteroatoms. The first-order chi connectivity index (χ1) is 9.11. The summed E-state index contributed by atoms with van der Waals surface area (Å²) in [5.41, 5.74) is 2.29. The predicted octanol–water partition coefficient (Wildman–Crippen LogP) is 4.55. The summed E-state index contributed by atoms with van der Waals surface area (Å²) in [4.78, 5) is 10.5. The van der Waals surface area contributed by atoms with Gasteiger partial charge in [-0.2, -0.15) is 0 Å². The zero-order valence-corrected chi connectivity index (χ0v) is 11.1. The van der Waals surface area contributed by atoms with Gasteiger partial charge in [-0.25, -0.2) is 0 Å². The summed E-state index contributed by atoms with van der Waals surface area (Å²) < 4.78 is 0. The highest BCUT2D eigenvalue weighted by atomic mass is 35.5. The van der Waals surface area contributed by atoms with Crippen LogP contribution in [-0.2, 0) is 6.42 Å². The largest absolute Gasteiger partial charge is 0.350 e. The van der Waals surface area contributed by atoms with Gasteiger partial charge in [0.2, 0.25) is 0 Å². The molecule has 0 radical (unpaired) electrons. The summed E-state index contributed by atoms with van der Waals surface area (Å²) in [6.45, 7) is 2.07. The Kier molecular flexibility index (Phi) is 4.02. The normalized spacial score (nSPS) is 10.2. The van der Waals surface area contributed by atoms with E-state index < -0.39 is 4.92 Å². The molecule has 0 spiro atoms. The second-order valence-electron chi connectivity index (χ2n) is 4.07. The number of halogens is 1. The van der Waals surface area contributed by atoms with E-state index in [4.69, 9.17) is 11.6 Å². The van der Waals surface area contributed by atoms with Gasteiger partial charge >= 0.3 is 5.69 Å². The molecule has 0 bridgehead atoms. The molecule has 19 heavy (non-hydrogen) atoms. The molecule has 2 rings (SSSR count). The van der Waals surface area contributed by atoms with Crippen molar-refractivity contribution in [2.24, 2.45) is 0 Å². The Balaban J connectivity index is 2.32. The van der Waals surface area contributed by atoms with Crippen molar-refractivity contribution < 1.29 is 4.92 Å². The Labute approximate surface area is 116 Å². The number of hydrogen-bond acceptors (Lipinski definition) is 3. The number of benzene rings is 2. The van der Waals surface area contributed by atoms with E-state index in [1.165, 1.54) is 11.6 Å². The van der Waals surface area contributed by atoms with Gasteiger partial charge in [0, 0.05) is 5.69 Å². The van der Waals surface area contributed by atoms with Crippen LogP contribution < -0.4 is 5.32 Å². The monoisotopic (exact) mass is 276 g/mol. The minimum atomic E-state index is -0.481. The maximum Gasteiger partial charge on any atom is 0.311 e. The van der Waals surface area contributed by atoms with Crippen LogP contribution in [0.1, 0.15) is 12.5 Å². The molecule has 0 saturated carbocycles. The first-order valence-corrected chi connectivity index (χ1v) is 6.28. The van der Waals surface area contributed by atoms with E-state index >= 15 is 0 Å². The first kappa shape index (κ1) is 13.4. The molecule has 0 unspecified atom stereocenters. The molecule has 0 aliphatic carbocycles. The van der Waals surface area contributed by atoms with Crippen LogP contribution >= 0.6 is 11.6 Å². The van der Waals surface area contributed by atoms with Gasteiger partial charge in [0.05, 0.1) is 4.92 Å². The van der Waals surface area contributed by atoms with Crippen LogP contribution in [0.2, 0.25) is 5.02 Å². The fourth-order valence-corrected chi connectivity index (χ4v) is 2.02. The lowest BCUT2D eigenvalue weighted by atomic mass is 10.1. The summed E-state index contributed by atoms with van der Waals surface area (Å²) in [5.74, 6) is 0. The predicted molar refractivity (Wildman–Crippen MR) is 77.2 cm³/mol. The Morgan fingerprint density at radius 3 is 2.47 bits per heavy atom. The van der Waals surface area contributed by atoms with Crippen molar-refractivity contribution in [3.05, 3.63) is 63.2 Å². The molecular formula is C14H13ClN2O2. The van der Waals surface area contributed by atoms with E-state index in [1.54, 1.807) is 12.1 Å². The smallest absolute Gasteiger partial charge is 0.311 e. The average Bonchev–Trinajstić information content (AvgIpc) is 2.39. The van der Waals surface area contributed by atoms with Crippen molar-refractivity contribution in [3.63, 3.8) is 0 Å². The van der Waals surface area contributed by atoms with Crippen molar-refractivity contribution >= 4 is 28.7 Å². The van der Waals surface area contributed by atoms with Crippen LogP contribution in [0.25, 0.3) is 0 Å². The lowest BCUT2D eigenvalue weighted by Gasteiger charge is -2.08. The Morgan fingerprint density at radius 2 is 1.89 bits per heavy atom. The number of nitro groups is 1. The van der Waals surface area contributed by atoms with E-state index in [1.807, 2.05) is 24.3 Å². The van der Waals surface area contributed by atoms with Gasteiger partial charge in [-0.15, -0.1) is 0 Å². The number of nitrogens with zero attached hydrogens (tertiary/aromatic N) is 1. The topological polar surface area (TPSA) is 55.2 Å². The van der Waals surface area contributed by atoms with Crippen molar-refractivity contribution in [2.75, 3.05) is 5.32 Å². The lowest BCUT2D eigenvalue weighted by Crippen LogP contribution is -1.97. The molecule has 0 atom stereocenters. The molecular weight excluding hydrogens is 264 g/mol. The molecule has 0 aromatic heterocycles. The molecule has 0 amide bonds. The maximum atomic E-state index is 11.0. The van der Waals surface area contributed by atoms with Crippen molar-refractivity contribution in [3.8, 4) is 0 Å². The van der Waals surface area contributed by atoms with Gasteiger partial charge in [0.15, 0.2) is 0 Å². The lowest BCUT2D eigenvalue weighted by molar-refractivity contribution is -0.383. The number of hydrogen-bond donors (Lipinski definition) is 1. The molecule has 0 aliphatic rings. The molecule has 98 valence electrons. The SMILES string of the molecule is CCc1ccc(Nc2cccc(Cl)c2[N+](=O)[O-])cc1. The first-order valence-electron chi connectivity index (χ1n) is 5.90. The summed E-state index contributed by atoms with van der Waals surface area (Å²) >= 11 is 5.86. The van der Waals surface area contributed by atoms with E-state index in [0.29, 0.717) is 5.69 Å². The van der Waals surface area contributed by atoms with Crippen LogP contribution in [0.4, 0.5) is 17.1 Å². The van der Waals surface area contributed by atoms with Crippen LogP contribution in [0.5, 0.6) is 0 Å². The molecule has 1 N–H and O–H groups in total. The standard InChI is InChI=1S/C14H13ClN2O2/c1-2-10-6-8-11(9-7-10)16-13-5-3-4-12(15)14(13)17(18)19/h3-9,16H,2H2,1H3. The molecule has 2 aromatic rings. The second-order valence-corrected chi connectivity index (χ2v) is 4.48. The maximum absolute atomic E-state index is 11.0. The highest BCUT2D eigenvalue weighted by molar-refractivity contribution is 6.33. The highest BCUT2D eigenvalue weighted by Gasteiger charge is 2.18. The van der Waals surface area contributed by atoms with Gasteiger partial charge in [-0.3, -0.25) is 10.1 Å². The molecule has 2 aromatic carbocycles. The number of nitrogens with one attached hydrogen (secondary N) is 1. The number of rotatable bonds is 4. The van der Waals surface area contributed by atoms with Crippen LogP contribution in [0.15, 0.2) is 42.5 Å². The minimum absolute atomic E-state index is 0.108. The molecule has 0 saturated heterocycles. The molecule has 4 nitrogen and oxygen atoms in total. The fraction of sp³-hybridized carbons (Fsp3) is 0.143. The van der Waals surface area contributed by atoms with Crippen LogP contribution in [0.3, 0.4) is 0 Å². The third-order valence-electron chi connectivity index (χ3n) is 2.81. The third kappa shape index (κ3) is 3.03. The highest BCUT2D eigenvalue weighted by Crippen LogP contribution is 2.34. The second kappa shape index (κ2) is 5.71. The molecule has 0 fully saturated rings.